The average Bonchev–Trinajstić information content (AvgIpc) is 2.92. The zero-order valence-corrected chi connectivity index (χ0v) is 22.5. The number of allylic oxidation sites excluding steroid dienone is 4. The summed E-state index contributed by atoms with van der Waals surface area (Å²) in [7, 11) is 3.29. The molecule has 1 saturated heterocycles. The number of hydrogen-bond acceptors (Lipinski definition) is 4. The Labute approximate surface area is 226 Å². The van der Waals surface area contributed by atoms with E-state index in [1.54, 1.807) is 14.2 Å². The third-order valence-electron chi connectivity index (χ3n) is 8.73. The fourth-order valence-corrected chi connectivity index (χ4v) is 6.67. The Bertz CT molecular complexity index is 1250. The first-order valence-corrected chi connectivity index (χ1v) is 13.5. The van der Waals surface area contributed by atoms with Gasteiger partial charge in [0.25, 0.3) is 5.92 Å². The van der Waals surface area contributed by atoms with E-state index >= 15 is 13.2 Å². The van der Waals surface area contributed by atoms with Gasteiger partial charge in [0.15, 0.2) is 6.29 Å². The van der Waals surface area contributed by atoms with Crippen LogP contribution in [0, 0.1) is 30.4 Å². The van der Waals surface area contributed by atoms with Crippen molar-refractivity contribution in [1.82, 2.24) is 0 Å². The molecule has 3 atom stereocenters. The van der Waals surface area contributed by atoms with E-state index in [4.69, 9.17) is 9.47 Å². The van der Waals surface area contributed by atoms with Gasteiger partial charge in [-0.3, -0.25) is 0 Å². The molecule has 210 valence electrons. The molecule has 4 nitrogen and oxygen atoms in total. The standard InChI is InChI=1S/C31H35F4NO3/c1-18-14-28(33)24(16-27(18)32)25-17-31(34,35)26-15-22(37)8-9-23(26)29(25)19-4-6-21(7-5-19)36-12-10-20(11-13-36)30(38-2)39-3/h4-9,14,16,20,25-26,29-30,37H,10-13,15,17H2,1-3H3/t25-,26?,29-/m0/s1. The molecule has 1 unspecified atom stereocenters. The van der Waals surface area contributed by atoms with Gasteiger partial charge in [-0.15, -0.1) is 0 Å². The second-order valence-corrected chi connectivity index (χ2v) is 11.0. The Kier molecular flexibility index (Phi) is 7.80. The Morgan fingerprint density at radius 1 is 0.974 bits per heavy atom. The third-order valence-corrected chi connectivity index (χ3v) is 8.73. The van der Waals surface area contributed by atoms with Crippen molar-refractivity contribution in [3.63, 3.8) is 0 Å². The monoisotopic (exact) mass is 545 g/mol. The lowest BCUT2D eigenvalue weighted by atomic mass is 9.62. The highest BCUT2D eigenvalue weighted by Gasteiger charge is 2.53. The summed E-state index contributed by atoms with van der Waals surface area (Å²) in [5.74, 6) is -7.02. The van der Waals surface area contributed by atoms with E-state index in [9.17, 15) is 9.50 Å². The minimum absolute atomic E-state index is 0.0436. The molecule has 1 aliphatic heterocycles. The molecule has 1 heterocycles. The van der Waals surface area contributed by atoms with E-state index in [-0.39, 0.29) is 29.6 Å². The first-order chi connectivity index (χ1) is 18.6. The number of rotatable bonds is 6. The Morgan fingerprint density at radius 2 is 1.64 bits per heavy atom. The highest BCUT2D eigenvalue weighted by molar-refractivity contribution is 5.52. The summed E-state index contributed by atoms with van der Waals surface area (Å²) in [4.78, 5) is 2.27. The SMILES string of the molecule is COC(OC)C1CCN(c2ccc([C@H]3C4=CC=C(O)CC4C(F)(F)C[C@H]3c3cc(F)c(C)cc3F)cc2)CC1. The molecule has 8 heteroatoms. The van der Waals surface area contributed by atoms with E-state index in [1.165, 1.54) is 19.1 Å². The lowest BCUT2D eigenvalue weighted by Crippen LogP contribution is -2.42. The number of ether oxygens (including phenoxy) is 2. The van der Waals surface area contributed by atoms with Crippen molar-refractivity contribution in [2.24, 2.45) is 11.8 Å². The highest BCUT2D eigenvalue weighted by Crippen LogP contribution is 2.58. The molecule has 1 saturated carbocycles. The molecular weight excluding hydrogens is 510 g/mol. The molecule has 1 N–H and O–H groups in total. The molecule has 0 bridgehead atoms. The number of fused-ring (bicyclic) bond motifs is 1. The predicted molar refractivity (Wildman–Crippen MR) is 142 cm³/mol. The molecule has 5 rings (SSSR count). The van der Waals surface area contributed by atoms with Gasteiger partial charge in [0, 0.05) is 63.6 Å². The van der Waals surface area contributed by atoms with Crippen molar-refractivity contribution in [2.45, 2.75) is 56.7 Å². The van der Waals surface area contributed by atoms with Gasteiger partial charge in [-0.05, 0) is 66.8 Å². The van der Waals surface area contributed by atoms with Crippen molar-refractivity contribution in [3.8, 4) is 0 Å². The van der Waals surface area contributed by atoms with Crippen LogP contribution in [-0.2, 0) is 9.47 Å². The number of anilines is 1. The quantitative estimate of drug-likeness (QED) is 0.303. The van der Waals surface area contributed by atoms with Crippen LogP contribution in [0.15, 0.2) is 59.9 Å². The fourth-order valence-electron chi connectivity index (χ4n) is 6.67. The van der Waals surface area contributed by atoms with E-state index in [0.29, 0.717) is 11.5 Å². The van der Waals surface area contributed by atoms with Crippen LogP contribution in [0.1, 0.15) is 54.2 Å². The smallest absolute Gasteiger partial charge is 0.255 e. The summed E-state index contributed by atoms with van der Waals surface area (Å²) in [6.07, 6.45) is 3.76. The third kappa shape index (κ3) is 5.33. The number of benzene rings is 2. The summed E-state index contributed by atoms with van der Waals surface area (Å²) in [6.45, 7) is 3.11. The van der Waals surface area contributed by atoms with Gasteiger partial charge in [0.05, 0.1) is 11.7 Å². The van der Waals surface area contributed by atoms with Crippen LogP contribution in [0.4, 0.5) is 23.2 Å². The molecule has 2 aromatic carbocycles. The zero-order valence-electron chi connectivity index (χ0n) is 22.5. The number of nitrogens with zero attached hydrogens (tertiary/aromatic N) is 1. The minimum Gasteiger partial charge on any atom is -0.512 e. The molecule has 2 aliphatic carbocycles. The Hall–Kier alpha value is -2.84. The average molecular weight is 546 g/mol. The largest absolute Gasteiger partial charge is 0.512 e. The van der Waals surface area contributed by atoms with E-state index in [1.807, 2.05) is 24.3 Å². The van der Waals surface area contributed by atoms with Gasteiger partial charge < -0.3 is 19.5 Å². The molecule has 3 aliphatic rings. The number of methoxy groups -OCH3 is 2. The number of halogens is 4. The molecule has 0 radical (unpaired) electrons. The molecule has 0 spiro atoms. The van der Waals surface area contributed by atoms with Crippen molar-refractivity contribution in [1.29, 1.82) is 0 Å². The molecular formula is C31H35F4NO3. The van der Waals surface area contributed by atoms with Crippen LogP contribution in [0.3, 0.4) is 0 Å². The van der Waals surface area contributed by atoms with Gasteiger partial charge >= 0.3 is 0 Å². The number of alkyl halides is 2. The topological polar surface area (TPSA) is 41.9 Å². The number of aryl methyl sites for hydroxylation is 1. The maximum absolute atomic E-state index is 15.5. The zero-order chi connectivity index (χ0) is 27.9. The van der Waals surface area contributed by atoms with Crippen molar-refractivity contribution >= 4 is 5.69 Å². The van der Waals surface area contributed by atoms with Crippen LogP contribution in [-0.4, -0.2) is 44.6 Å². The maximum Gasteiger partial charge on any atom is 0.255 e. The van der Waals surface area contributed by atoms with Gasteiger partial charge in [0.1, 0.15) is 11.6 Å². The normalized spacial score (nSPS) is 25.3. The minimum atomic E-state index is -3.18. The Balaban J connectivity index is 1.48. The summed E-state index contributed by atoms with van der Waals surface area (Å²) in [5.41, 5.74) is 2.31. The van der Waals surface area contributed by atoms with Crippen LogP contribution < -0.4 is 4.90 Å². The lowest BCUT2D eigenvalue weighted by molar-refractivity contribution is -0.141. The summed E-state index contributed by atoms with van der Waals surface area (Å²) >= 11 is 0. The van der Waals surface area contributed by atoms with Crippen molar-refractivity contribution < 1.29 is 32.1 Å². The van der Waals surface area contributed by atoms with Gasteiger partial charge in [-0.1, -0.05) is 23.8 Å². The van der Waals surface area contributed by atoms with Gasteiger partial charge in [0.2, 0.25) is 0 Å². The Morgan fingerprint density at radius 3 is 2.28 bits per heavy atom. The van der Waals surface area contributed by atoms with Crippen LogP contribution >= 0.6 is 0 Å². The lowest BCUT2D eigenvalue weighted by Gasteiger charge is -2.45. The number of hydrogen-bond donors (Lipinski definition) is 1. The first kappa shape index (κ1) is 27.7. The second-order valence-electron chi connectivity index (χ2n) is 11.0. The molecule has 0 amide bonds. The van der Waals surface area contributed by atoms with E-state index < -0.39 is 41.7 Å². The number of piperidine rings is 1. The van der Waals surface area contributed by atoms with Crippen LogP contribution in [0.5, 0.6) is 0 Å². The van der Waals surface area contributed by atoms with E-state index in [0.717, 1.165) is 49.3 Å². The molecule has 0 aromatic heterocycles. The number of aliphatic hydroxyl groups is 1. The highest BCUT2D eigenvalue weighted by atomic mass is 19.3. The van der Waals surface area contributed by atoms with Crippen LogP contribution in [0.25, 0.3) is 0 Å². The maximum atomic E-state index is 15.5. The molecule has 2 aromatic rings. The summed E-state index contributed by atoms with van der Waals surface area (Å²) < 4.78 is 71.6. The second kappa shape index (κ2) is 11.0. The molecule has 39 heavy (non-hydrogen) atoms. The number of aliphatic hydroxyl groups excluding tert-OH is 1. The predicted octanol–water partition coefficient (Wildman–Crippen LogP) is 7.40. The van der Waals surface area contributed by atoms with Gasteiger partial charge in [-0.25, -0.2) is 17.6 Å². The van der Waals surface area contributed by atoms with Crippen molar-refractivity contribution in [3.05, 3.63) is 88.2 Å². The fraction of sp³-hybridized carbons (Fsp3) is 0.484. The first-order valence-electron chi connectivity index (χ1n) is 13.5. The van der Waals surface area contributed by atoms with Crippen molar-refractivity contribution in [2.75, 3.05) is 32.2 Å². The van der Waals surface area contributed by atoms with E-state index in [2.05, 4.69) is 4.90 Å². The summed E-state index contributed by atoms with van der Waals surface area (Å²) in [5, 5.41) is 10.0. The summed E-state index contributed by atoms with van der Waals surface area (Å²) in [6, 6.07) is 9.92. The van der Waals surface area contributed by atoms with Gasteiger partial charge in [-0.2, -0.15) is 0 Å². The van der Waals surface area contributed by atoms with Crippen LogP contribution in [0.2, 0.25) is 0 Å². The molecule has 2 fully saturated rings.